The van der Waals surface area contributed by atoms with Gasteiger partial charge in [0.05, 0.1) is 5.69 Å². The molecule has 3 heterocycles. The van der Waals surface area contributed by atoms with Crippen LogP contribution >= 0.6 is 0 Å². The molecule has 1 N–H and O–H groups in total. The van der Waals surface area contributed by atoms with Crippen molar-refractivity contribution in [1.82, 2.24) is 14.3 Å². The Morgan fingerprint density at radius 1 is 1.53 bits per heavy atom. The van der Waals surface area contributed by atoms with Gasteiger partial charge in [-0.25, -0.2) is 4.98 Å². The van der Waals surface area contributed by atoms with Gasteiger partial charge >= 0.3 is 0 Å². The standard InChI is InChI=1S/C13H17N3O/c1-15-6-2-4-11(15)8-10-9-16-7-3-5-12(17)13(16)14-10/h3,5,7,9,11,17H,2,4,6,8H2,1H3. The van der Waals surface area contributed by atoms with Gasteiger partial charge in [0.15, 0.2) is 11.4 Å². The fourth-order valence-electron chi connectivity index (χ4n) is 2.63. The monoisotopic (exact) mass is 231 g/mol. The first-order chi connectivity index (χ1) is 8.24. The molecule has 90 valence electrons. The summed E-state index contributed by atoms with van der Waals surface area (Å²) in [6, 6.07) is 4.10. The van der Waals surface area contributed by atoms with Gasteiger partial charge in [0.2, 0.25) is 0 Å². The van der Waals surface area contributed by atoms with Gasteiger partial charge in [0, 0.05) is 24.9 Å². The summed E-state index contributed by atoms with van der Waals surface area (Å²) in [5.74, 6) is 0.249. The molecule has 0 bridgehead atoms. The Balaban J connectivity index is 1.88. The van der Waals surface area contributed by atoms with E-state index in [1.165, 1.54) is 19.4 Å². The molecule has 1 saturated heterocycles. The first-order valence-electron chi connectivity index (χ1n) is 6.10. The maximum atomic E-state index is 9.70. The summed E-state index contributed by atoms with van der Waals surface area (Å²) in [5, 5.41) is 9.70. The lowest BCUT2D eigenvalue weighted by molar-refractivity contribution is 0.308. The summed E-state index contributed by atoms with van der Waals surface area (Å²) in [6.07, 6.45) is 7.43. The van der Waals surface area contributed by atoms with Crippen molar-refractivity contribution in [2.75, 3.05) is 13.6 Å². The van der Waals surface area contributed by atoms with E-state index in [4.69, 9.17) is 0 Å². The first-order valence-corrected chi connectivity index (χ1v) is 6.10. The predicted molar refractivity (Wildman–Crippen MR) is 66.2 cm³/mol. The van der Waals surface area contributed by atoms with Crippen LogP contribution in [0.15, 0.2) is 24.5 Å². The van der Waals surface area contributed by atoms with Crippen LogP contribution in [-0.2, 0) is 6.42 Å². The normalized spacial score (nSPS) is 21.4. The maximum Gasteiger partial charge on any atom is 0.179 e. The summed E-state index contributed by atoms with van der Waals surface area (Å²) in [7, 11) is 2.17. The van der Waals surface area contributed by atoms with Crippen molar-refractivity contribution in [1.29, 1.82) is 0 Å². The van der Waals surface area contributed by atoms with Crippen LogP contribution in [0.3, 0.4) is 0 Å². The molecule has 1 unspecified atom stereocenters. The number of likely N-dealkylation sites (tertiary alicyclic amines) is 1. The number of imidazole rings is 1. The van der Waals surface area contributed by atoms with E-state index in [-0.39, 0.29) is 5.75 Å². The maximum absolute atomic E-state index is 9.70. The molecule has 0 amide bonds. The van der Waals surface area contributed by atoms with Gasteiger partial charge in [0.25, 0.3) is 0 Å². The molecule has 0 saturated carbocycles. The van der Waals surface area contributed by atoms with E-state index < -0.39 is 0 Å². The third kappa shape index (κ3) is 1.89. The zero-order valence-corrected chi connectivity index (χ0v) is 10.0. The second-order valence-electron chi connectivity index (χ2n) is 4.84. The number of rotatable bonds is 2. The minimum atomic E-state index is 0.249. The Bertz CT molecular complexity index is 534. The summed E-state index contributed by atoms with van der Waals surface area (Å²) in [6.45, 7) is 1.18. The fraction of sp³-hybridized carbons (Fsp3) is 0.462. The van der Waals surface area contributed by atoms with E-state index in [2.05, 4.69) is 16.9 Å². The third-order valence-corrected chi connectivity index (χ3v) is 3.63. The van der Waals surface area contributed by atoms with E-state index in [0.717, 1.165) is 12.1 Å². The third-order valence-electron chi connectivity index (χ3n) is 3.63. The van der Waals surface area contributed by atoms with Gasteiger partial charge in [0.1, 0.15) is 0 Å². The van der Waals surface area contributed by atoms with Crippen molar-refractivity contribution in [3.63, 3.8) is 0 Å². The zero-order valence-electron chi connectivity index (χ0n) is 10.0. The van der Waals surface area contributed by atoms with E-state index in [1.54, 1.807) is 6.07 Å². The number of pyridine rings is 1. The molecule has 1 aliphatic heterocycles. The Kier molecular flexibility index (Phi) is 2.52. The van der Waals surface area contributed by atoms with Crippen LogP contribution < -0.4 is 0 Å². The van der Waals surface area contributed by atoms with Crippen LogP contribution in [0.1, 0.15) is 18.5 Å². The van der Waals surface area contributed by atoms with Crippen LogP contribution in [0, 0.1) is 0 Å². The van der Waals surface area contributed by atoms with Gasteiger partial charge in [-0.1, -0.05) is 0 Å². The molecular weight excluding hydrogens is 214 g/mol. The van der Waals surface area contributed by atoms with E-state index in [9.17, 15) is 5.11 Å². The molecule has 0 radical (unpaired) electrons. The molecule has 2 aromatic heterocycles. The van der Waals surface area contributed by atoms with Gasteiger partial charge in [-0.3, -0.25) is 0 Å². The molecule has 0 spiro atoms. The number of aromatic hydroxyl groups is 1. The lowest BCUT2D eigenvalue weighted by atomic mass is 10.1. The molecule has 2 aromatic rings. The smallest absolute Gasteiger partial charge is 0.179 e. The van der Waals surface area contributed by atoms with Crippen molar-refractivity contribution in [3.05, 3.63) is 30.2 Å². The lowest BCUT2D eigenvalue weighted by Crippen LogP contribution is -2.26. The summed E-state index contributed by atoms with van der Waals surface area (Å²) < 4.78 is 1.89. The van der Waals surface area contributed by atoms with Gasteiger partial charge in [-0.2, -0.15) is 0 Å². The van der Waals surface area contributed by atoms with Crippen molar-refractivity contribution < 1.29 is 5.11 Å². The molecule has 1 aliphatic rings. The van der Waals surface area contributed by atoms with Crippen LogP contribution in [0.2, 0.25) is 0 Å². The highest BCUT2D eigenvalue weighted by Crippen LogP contribution is 2.21. The Labute approximate surface area is 101 Å². The number of hydrogen-bond donors (Lipinski definition) is 1. The van der Waals surface area contributed by atoms with Crippen LogP contribution in [0.25, 0.3) is 5.65 Å². The second kappa shape index (κ2) is 4.04. The molecule has 17 heavy (non-hydrogen) atoms. The van der Waals surface area contributed by atoms with Crippen molar-refractivity contribution in [3.8, 4) is 5.75 Å². The predicted octanol–water partition coefficient (Wildman–Crippen LogP) is 1.68. The first kappa shape index (κ1) is 10.6. The van der Waals surface area contributed by atoms with Gasteiger partial charge in [-0.05, 0) is 38.6 Å². The van der Waals surface area contributed by atoms with Crippen LogP contribution in [0.5, 0.6) is 5.75 Å². The fourth-order valence-corrected chi connectivity index (χ4v) is 2.63. The largest absolute Gasteiger partial charge is 0.504 e. The Hall–Kier alpha value is -1.55. The SMILES string of the molecule is CN1CCCC1Cc1cn2cccc(O)c2n1. The lowest BCUT2D eigenvalue weighted by Gasteiger charge is -2.17. The Morgan fingerprint density at radius 2 is 2.41 bits per heavy atom. The number of likely N-dealkylation sites (N-methyl/N-ethyl adjacent to an activating group) is 1. The quantitative estimate of drug-likeness (QED) is 0.855. The minimum Gasteiger partial charge on any atom is -0.504 e. The average Bonchev–Trinajstić information content (AvgIpc) is 2.87. The van der Waals surface area contributed by atoms with Crippen LogP contribution in [-0.4, -0.2) is 39.0 Å². The highest BCUT2D eigenvalue weighted by Gasteiger charge is 2.22. The molecule has 0 aliphatic carbocycles. The molecular formula is C13H17N3O. The summed E-state index contributed by atoms with van der Waals surface area (Å²) >= 11 is 0. The number of nitrogens with zero attached hydrogens (tertiary/aromatic N) is 3. The zero-order chi connectivity index (χ0) is 11.8. The van der Waals surface area contributed by atoms with E-state index >= 15 is 0 Å². The minimum absolute atomic E-state index is 0.249. The summed E-state index contributed by atoms with van der Waals surface area (Å²) in [5.41, 5.74) is 1.72. The molecule has 3 rings (SSSR count). The highest BCUT2D eigenvalue weighted by atomic mass is 16.3. The number of fused-ring (bicyclic) bond motifs is 1. The molecule has 1 fully saturated rings. The van der Waals surface area contributed by atoms with Crippen LogP contribution in [0.4, 0.5) is 0 Å². The Morgan fingerprint density at radius 3 is 3.12 bits per heavy atom. The number of hydrogen-bond acceptors (Lipinski definition) is 3. The average molecular weight is 231 g/mol. The molecule has 4 heteroatoms. The molecule has 1 atom stereocenters. The van der Waals surface area contributed by atoms with Gasteiger partial charge in [-0.15, -0.1) is 0 Å². The molecule has 0 aromatic carbocycles. The highest BCUT2D eigenvalue weighted by molar-refractivity contribution is 5.53. The summed E-state index contributed by atoms with van der Waals surface area (Å²) in [4.78, 5) is 6.89. The van der Waals surface area contributed by atoms with E-state index in [0.29, 0.717) is 11.7 Å². The topological polar surface area (TPSA) is 40.8 Å². The van der Waals surface area contributed by atoms with Crippen molar-refractivity contribution in [2.24, 2.45) is 0 Å². The van der Waals surface area contributed by atoms with E-state index in [1.807, 2.05) is 22.9 Å². The second-order valence-corrected chi connectivity index (χ2v) is 4.84. The van der Waals surface area contributed by atoms with Gasteiger partial charge < -0.3 is 14.4 Å². The molecule has 4 nitrogen and oxygen atoms in total. The van der Waals surface area contributed by atoms with Crippen molar-refractivity contribution in [2.45, 2.75) is 25.3 Å². The van der Waals surface area contributed by atoms with Crippen molar-refractivity contribution >= 4 is 5.65 Å². The number of aromatic nitrogens is 2.